The molecular weight excluding hydrogens is 1350 g/mol. The molecule has 31 nitrogen and oxygen atoms in total. The Kier molecular flexibility index (Phi) is 35.9. The van der Waals surface area contributed by atoms with Gasteiger partial charge in [0.2, 0.25) is 76.2 Å². The van der Waals surface area contributed by atoms with E-state index in [9.17, 15) is 74.7 Å². The van der Waals surface area contributed by atoms with Gasteiger partial charge in [0.05, 0.1) is 95.9 Å². The predicted molar refractivity (Wildman–Crippen MR) is 334 cm³/mol. The summed E-state index contributed by atoms with van der Waals surface area (Å²) in [5, 5.41) is 18.8. The average molecular weight is 1440 g/mol. The zero-order valence-electron chi connectivity index (χ0n) is 58.3. The van der Waals surface area contributed by atoms with Gasteiger partial charge in [0, 0.05) is 80.4 Å². The largest absolute Gasteiger partial charge is 0.463 e. The minimum Gasteiger partial charge on any atom is -0.463 e. The van der Waals surface area contributed by atoms with E-state index in [-0.39, 0.29) is 132 Å². The first-order chi connectivity index (χ1) is 47.1. The summed E-state index contributed by atoms with van der Waals surface area (Å²) in [6.07, 6.45) is -7.35. The third kappa shape index (κ3) is 27.9. The molecule has 3 saturated heterocycles. The molecule has 0 saturated carbocycles. The third-order valence-electron chi connectivity index (χ3n) is 17.0. The van der Waals surface area contributed by atoms with Crippen LogP contribution in [0.15, 0.2) is 0 Å². The van der Waals surface area contributed by atoms with E-state index in [0.29, 0.717) is 0 Å². The maximum atomic E-state index is 14.6. The second kappa shape index (κ2) is 42.2. The number of benzene rings is 1. The summed E-state index contributed by atoms with van der Waals surface area (Å²) in [5.41, 5.74) is -1.98. The van der Waals surface area contributed by atoms with E-state index in [1.807, 2.05) is 41.5 Å². The standard InChI is InChI=1S/C64H96F5N7O24/c1-32-35(4)57(73-38(7)77)61(97-44(32)26-94-41(10)80)91-22-16-70-47(83)13-19-88-29-64(76-50(86)25-51(87)100-60-55(68)53(66)52(65)54(67)56(60)69,30-89-20-14-48(84)71-17-23-92-62-58(74-39(8)78)36(5)33(2)45(98-62)27-95-42(11)81)31-90-21-15-49(85)72-18-24-93-63-59(75-40(9)79)37(6)34(3)46(99-63)28-96-43(12)82/h32-37,44-46,57-59,61-63H,13-31H2,1-12H3,(H,70,83)(H,71,84)(H,72,85)(H,73,77)(H,74,78)(H,75,79)(H,76,86)/t32-,33-,34-,35+,36+,37+,44?,45?,46?,57?,58?,59?,61-,62-,63-,64?/m1/s1. The normalized spacial score (nSPS) is 25.6. The van der Waals surface area contributed by atoms with Gasteiger partial charge in [-0.25, -0.2) is 13.2 Å². The Bertz CT molecular complexity index is 2690. The van der Waals surface area contributed by atoms with Gasteiger partial charge < -0.3 is 98.8 Å². The smallest absolute Gasteiger partial charge is 0.320 e. The number of amides is 7. The summed E-state index contributed by atoms with van der Waals surface area (Å²) in [4.78, 5) is 138. The van der Waals surface area contributed by atoms with Crippen LogP contribution in [0.3, 0.4) is 0 Å². The van der Waals surface area contributed by atoms with Gasteiger partial charge in [-0.3, -0.25) is 52.7 Å². The summed E-state index contributed by atoms with van der Waals surface area (Å²) in [6, 6.07) is -1.87. The molecule has 7 amide bonds. The van der Waals surface area contributed by atoms with Crippen LogP contribution in [0, 0.1) is 64.6 Å². The van der Waals surface area contributed by atoms with Gasteiger partial charge in [0.1, 0.15) is 31.8 Å². The lowest BCUT2D eigenvalue weighted by atomic mass is 9.82. The first kappa shape index (κ1) is 85.1. The summed E-state index contributed by atoms with van der Waals surface area (Å²) in [6.45, 7) is 14.8. The molecule has 3 heterocycles. The number of ether oxygens (including phenoxy) is 13. The van der Waals surface area contributed by atoms with E-state index >= 15 is 0 Å². The van der Waals surface area contributed by atoms with Gasteiger partial charge >= 0.3 is 23.9 Å². The Balaban J connectivity index is 1.50. The van der Waals surface area contributed by atoms with Crippen molar-refractivity contribution in [3.63, 3.8) is 0 Å². The second-order valence-corrected chi connectivity index (χ2v) is 24.8. The van der Waals surface area contributed by atoms with Crippen LogP contribution in [0.1, 0.15) is 109 Å². The number of nitrogens with one attached hydrogen (secondary N) is 7. The van der Waals surface area contributed by atoms with Gasteiger partial charge in [-0.2, -0.15) is 8.78 Å². The number of carbonyl (C=O) groups excluding carboxylic acids is 11. The molecule has 0 aromatic heterocycles. The van der Waals surface area contributed by atoms with Crippen molar-refractivity contribution in [1.82, 2.24) is 37.2 Å². The van der Waals surface area contributed by atoms with Crippen LogP contribution in [-0.2, 0) is 110 Å². The molecule has 566 valence electrons. The molecule has 36 heteroatoms. The molecule has 3 aliphatic heterocycles. The van der Waals surface area contributed by atoms with Crippen LogP contribution in [0.25, 0.3) is 0 Å². The van der Waals surface area contributed by atoms with Crippen LogP contribution < -0.4 is 42.0 Å². The van der Waals surface area contributed by atoms with Crippen molar-refractivity contribution < 1.29 is 136 Å². The molecule has 4 rings (SSSR count). The Morgan fingerprint density at radius 2 is 0.690 bits per heavy atom. The highest BCUT2D eigenvalue weighted by Crippen LogP contribution is 2.35. The van der Waals surface area contributed by atoms with Crippen LogP contribution in [0.4, 0.5) is 22.0 Å². The number of halogens is 5. The summed E-state index contributed by atoms with van der Waals surface area (Å²) < 4.78 is 145. The maximum Gasteiger partial charge on any atom is 0.320 e. The van der Waals surface area contributed by atoms with E-state index in [2.05, 4.69) is 42.0 Å². The van der Waals surface area contributed by atoms with E-state index in [4.69, 9.17) is 56.8 Å². The van der Waals surface area contributed by atoms with E-state index in [1.165, 1.54) is 41.5 Å². The molecule has 1 aromatic carbocycles. The van der Waals surface area contributed by atoms with Gasteiger partial charge in [0.15, 0.2) is 18.9 Å². The number of hydrogen-bond donors (Lipinski definition) is 7. The topological polar surface area (TPSA) is 392 Å². The van der Waals surface area contributed by atoms with E-state index < -0.39 is 189 Å². The predicted octanol–water partition coefficient (Wildman–Crippen LogP) is 1.35. The van der Waals surface area contributed by atoms with Crippen molar-refractivity contribution in [3.05, 3.63) is 29.1 Å². The quantitative estimate of drug-likeness (QED) is 0.00712. The first-order valence-corrected chi connectivity index (χ1v) is 32.7. The number of hydrogen-bond acceptors (Lipinski definition) is 24. The molecule has 0 bridgehead atoms. The molecule has 100 heavy (non-hydrogen) atoms. The fourth-order valence-corrected chi connectivity index (χ4v) is 11.0. The third-order valence-corrected chi connectivity index (χ3v) is 17.0. The van der Waals surface area contributed by atoms with Crippen LogP contribution in [0.5, 0.6) is 5.75 Å². The molecule has 0 spiro atoms. The van der Waals surface area contributed by atoms with Crippen molar-refractivity contribution in [2.45, 2.75) is 170 Å². The zero-order chi connectivity index (χ0) is 74.6. The Labute approximate surface area is 576 Å². The molecule has 3 aliphatic rings. The molecule has 0 radical (unpaired) electrons. The summed E-state index contributed by atoms with van der Waals surface area (Å²) in [5.74, 6) is -23.3. The molecule has 3 fully saturated rings. The lowest BCUT2D eigenvalue weighted by molar-refractivity contribution is -0.243. The maximum absolute atomic E-state index is 14.6. The van der Waals surface area contributed by atoms with Gasteiger partial charge in [-0.05, 0) is 35.5 Å². The Morgan fingerprint density at radius 1 is 0.400 bits per heavy atom. The molecule has 15 atom stereocenters. The fraction of sp³-hybridized carbons (Fsp3) is 0.734. The van der Waals surface area contributed by atoms with Crippen molar-refractivity contribution in [3.8, 4) is 5.75 Å². The molecule has 6 unspecified atom stereocenters. The van der Waals surface area contributed by atoms with Crippen molar-refractivity contribution in [2.24, 2.45) is 35.5 Å². The summed E-state index contributed by atoms with van der Waals surface area (Å²) >= 11 is 0. The van der Waals surface area contributed by atoms with Crippen molar-refractivity contribution >= 4 is 65.2 Å². The lowest BCUT2D eigenvalue weighted by Gasteiger charge is -2.44. The fourth-order valence-electron chi connectivity index (χ4n) is 11.0. The van der Waals surface area contributed by atoms with Crippen molar-refractivity contribution in [1.29, 1.82) is 0 Å². The number of rotatable bonds is 40. The van der Waals surface area contributed by atoms with Gasteiger partial charge in [-0.15, -0.1) is 0 Å². The molecule has 7 N–H and O–H groups in total. The second-order valence-electron chi connectivity index (χ2n) is 24.8. The highest BCUT2D eigenvalue weighted by Gasteiger charge is 2.46. The Morgan fingerprint density at radius 3 is 0.970 bits per heavy atom. The number of esters is 4. The van der Waals surface area contributed by atoms with Gasteiger partial charge in [-0.1, -0.05) is 41.5 Å². The molecule has 1 aromatic rings. The summed E-state index contributed by atoms with van der Waals surface area (Å²) in [7, 11) is 0. The minimum atomic E-state index is -2.55. The Hall–Kier alpha value is -7.32. The van der Waals surface area contributed by atoms with Crippen LogP contribution in [-0.4, -0.2) is 225 Å². The highest BCUT2D eigenvalue weighted by atomic mass is 19.2. The monoisotopic (exact) mass is 1440 g/mol. The minimum absolute atomic E-state index is 0.0805. The first-order valence-electron chi connectivity index (χ1n) is 32.7. The number of carbonyl (C=O) groups is 11. The van der Waals surface area contributed by atoms with E-state index in [0.717, 1.165) is 0 Å². The molecular formula is C64H96F5N7O24. The van der Waals surface area contributed by atoms with E-state index in [1.54, 1.807) is 0 Å². The SMILES string of the molecule is CC(=O)NC1[C@H](OCCNC(=O)CCOCC(COCCC(=O)NCCO[C@@H]2OC(COC(C)=O)[C@H](C)[C@H](C)C2NC(C)=O)(COCCC(=O)NCCO[C@@H]2OC(COC(C)=O)[C@H](C)[C@H](C)C2NC(C)=O)NC(=O)CC(=O)Oc2c(F)c(F)c(F)c(F)c2F)OC(COC(C)=O)[C@H](C)[C@@H]1C. The molecule has 0 aliphatic carbocycles. The zero-order valence-corrected chi connectivity index (χ0v) is 58.3. The van der Waals surface area contributed by atoms with Gasteiger partial charge in [0.25, 0.3) is 0 Å². The van der Waals surface area contributed by atoms with Crippen LogP contribution in [0.2, 0.25) is 0 Å². The van der Waals surface area contributed by atoms with Crippen molar-refractivity contribution in [2.75, 3.05) is 98.9 Å². The lowest BCUT2D eigenvalue weighted by Crippen LogP contribution is -2.59. The highest BCUT2D eigenvalue weighted by molar-refractivity contribution is 5.95. The average Bonchev–Trinajstić information content (AvgIpc) is 0.814. The van der Waals surface area contributed by atoms with Crippen LogP contribution >= 0.6 is 0 Å².